The molecule has 0 saturated heterocycles. The third kappa shape index (κ3) is 3.99. The Kier molecular flexibility index (Phi) is 5.65. The number of carbonyl (C=O) groups is 1. The molecule has 3 heterocycles. The molecule has 1 aliphatic heterocycles. The molecule has 0 radical (unpaired) electrons. The smallest absolute Gasteiger partial charge is 0.332 e. The lowest BCUT2D eigenvalue weighted by Crippen LogP contribution is -2.36. The highest BCUT2D eigenvalue weighted by molar-refractivity contribution is 7.11. The maximum Gasteiger partial charge on any atom is 0.332 e. The summed E-state index contributed by atoms with van der Waals surface area (Å²) in [7, 11) is 3.11. The first kappa shape index (κ1) is 20.2. The Labute approximate surface area is 180 Å². The maximum absolute atomic E-state index is 13.7. The number of thiazole rings is 1. The van der Waals surface area contributed by atoms with Crippen LogP contribution >= 0.6 is 22.9 Å². The number of rotatable bonds is 4. The lowest BCUT2D eigenvalue weighted by molar-refractivity contribution is -0.134. The van der Waals surface area contributed by atoms with E-state index in [0.717, 1.165) is 0 Å². The lowest BCUT2D eigenvalue weighted by atomic mass is 9.86. The van der Waals surface area contributed by atoms with Gasteiger partial charge in [0.1, 0.15) is 5.82 Å². The maximum atomic E-state index is 13.7. The van der Waals surface area contributed by atoms with Gasteiger partial charge in [-0.1, -0.05) is 17.7 Å². The molecule has 0 aliphatic carbocycles. The van der Waals surface area contributed by atoms with Crippen molar-refractivity contribution in [3.8, 4) is 0 Å². The number of methoxy groups -OCH3 is 1. The number of benzene rings is 1. The van der Waals surface area contributed by atoms with E-state index < -0.39 is 23.7 Å². The quantitative estimate of drug-likeness (QED) is 0.490. The number of aryl methyl sites for hydroxylation is 1. The fourth-order valence-electron chi connectivity index (χ4n) is 3.30. The minimum absolute atomic E-state index is 0.238. The molecule has 0 spiro atoms. The predicted octanol–water partition coefficient (Wildman–Crippen LogP) is 3.60. The molecule has 3 aromatic rings. The van der Waals surface area contributed by atoms with E-state index in [1.807, 2.05) is 11.4 Å². The molecule has 2 aromatic heterocycles. The minimum atomic E-state index is -0.566. The van der Waals surface area contributed by atoms with Crippen LogP contribution in [-0.2, 0) is 16.6 Å². The second kappa shape index (κ2) is 8.37. The van der Waals surface area contributed by atoms with Crippen molar-refractivity contribution in [3.05, 3.63) is 80.9 Å². The van der Waals surface area contributed by atoms with Gasteiger partial charge in [-0.2, -0.15) is 5.10 Å². The predicted molar refractivity (Wildman–Crippen MR) is 112 cm³/mol. The van der Waals surface area contributed by atoms with Crippen LogP contribution in [-0.4, -0.2) is 33.7 Å². The highest BCUT2D eigenvalue weighted by Crippen LogP contribution is 2.43. The molecule has 0 bridgehead atoms. The van der Waals surface area contributed by atoms with Crippen LogP contribution in [0.15, 0.2) is 58.8 Å². The van der Waals surface area contributed by atoms with Crippen LogP contribution in [0, 0.1) is 5.82 Å². The normalized spacial score (nSPS) is 20.0. The molecule has 2 atom stereocenters. The van der Waals surface area contributed by atoms with Crippen LogP contribution in [0.4, 0.5) is 4.39 Å². The van der Waals surface area contributed by atoms with E-state index in [4.69, 9.17) is 21.3 Å². The molecular formula is C20H17ClFN5O2S. The number of ether oxygens (including phenoxy) is 1. The monoisotopic (exact) mass is 445 g/mol. The number of nitrogens with one attached hydrogen (secondary N) is 1. The van der Waals surface area contributed by atoms with Gasteiger partial charge < -0.3 is 10.1 Å². The summed E-state index contributed by atoms with van der Waals surface area (Å²) in [5.74, 6) is -0.959. The molecule has 4 rings (SSSR count). The van der Waals surface area contributed by atoms with Gasteiger partial charge in [0.2, 0.25) is 0 Å². The highest BCUT2D eigenvalue weighted by atomic mass is 35.5. The van der Waals surface area contributed by atoms with Crippen LogP contribution in [0.2, 0.25) is 5.02 Å². The molecule has 10 heteroatoms. The zero-order chi connectivity index (χ0) is 21.3. The zero-order valence-electron chi connectivity index (χ0n) is 16.0. The highest BCUT2D eigenvalue weighted by Gasteiger charge is 2.36. The lowest BCUT2D eigenvalue weighted by Gasteiger charge is -2.32. The number of hydrogen-bond donors (Lipinski definition) is 1. The van der Waals surface area contributed by atoms with Crippen LogP contribution in [0.3, 0.4) is 0 Å². The molecule has 0 amide bonds. The molecule has 30 heavy (non-hydrogen) atoms. The van der Waals surface area contributed by atoms with E-state index in [1.54, 1.807) is 30.2 Å². The number of halogens is 2. The fraction of sp³-hybridized carbons (Fsp3) is 0.200. The van der Waals surface area contributed by atoms with Crippen molar-refractivity contribution in [3.63, 3.8) is 0 Å². The Morgan fingerprint density at radius 2 is 2.23 bits per heavy atom. The zero-order valence-corrected chi connectivity index (χ0v) is 17.6. The third-order valence-corrected chi connectivity index (χ3v) is 5.73. The van der Waals surface area contributed by atoms with Crippen molar-refractivity contribution in [2.75, 3.05) is 7.11 Å². The number of amidine groups is 1. The van der Waals surface area contributed by atoms with Gasteiger partial charge in [0.05, 0.1) is 24.8 Å². The fourth-order valence-corrected chi connectivity index (χ4v) is 4.17. The average Bonchev–Trinajstić information content (AvgIpc) is 3.39. The molecule has 1 aromatic carbocycles. The van der Waals surface area contributed by atoms with Gasteiger partial charge in [-0.15, -0.1) is 11.3 Å². The number of nitrogens with zero attached hydrogens (tertiary/aromatic N) is 4. The van der Waals surface area contributed by atoms with Crippen LogP contribution in [0.1, 0.15) is 28.2 Å². The van der Waals surface area contributed by atoms with E-state index in [0.29, 0.717) is 27.8 Å². The largest absolute Gasteiger partial charge is 0.466 e. The number of esters is 1. The standard InChI is InChI=1S/C20H17ClFN5O2S/c1-27-7-5-14(26-27)17-15(10-16(28)29-2)24-19(20-23-6-8-30-20)25-18(17)12-4-3-11(22)9-13(12)21/h3-10,17-18H,1-2H3,(H,24,25)/b15-10-. The van der Waals surface area contributed by atoms with Crippen molar-refractivity contribution in [2.24, 2.45) is 12.0 Å². The SMILES string of the molecule is COC(=O)/C=C1\NC(c2nccs2)=NC(c2ccc(F)cc2Cl)C1c1ccn(C)n1. The number of carbonyl (C=O) groups excluding carboxylic acids is 1. The van der Waals surface area contributed by atoms with Gasteiger partial charge >= 0.3 is 5.97 Å². The summed E-state index contributed by atoms with van der Waals surface area (Å²) in [6, 6.07) is 5.45. The van der Waals surface area contributed by atoms with Gasteiger partial charge in [-0.05, 0) is 23.8 Å². The summed E-state index contributed by atoms with van der Waals surface area (Å²) >= 11 is 7.80. The Bertz CT molecular complexity index is 1140. The summed E-state index contributed by atoms with van der Waals surface area (Å²) < 4.78 is 20.2. The Morgan fingerprint density at radius 1 is 1.40 bits per heavy atom. The van der Waals surface area contributed by atoms with E-state index in [-0.39, 0.29) is 5.02 Å². The van der Waals surface area contributed by atoms with E-state index in [9.17, 15) is 9.18 Å². The van der Waals surface area contributed by atoms with Crippen LogP contribution < -0.4 is 5.32 Å². The summed E-state index contributed by atoms with van der Waals surface area (Å²) in [6.07, 6.45) is 4.83. The number of aliphatic imine (C=N–C) groups is 1. The first-order valence-corrected chi connectivity index (χ1v) is 10.2. The summed E-state index contributed by atoms with van der Waals surface area (Å²) in [4.78, 5) is 21.3. The Hall–Kier alpha value is -3.04. The molecule has 154 valence electrons. The second-order valence-electron chi connectivity index (χ2n) is 6.57. The van der Waals surface area contributed by atoms with Gasteiger partial charge in [0, 0.05) is 41.6 Å². The van der Waals surface area contributed by atoms with Crippen molar-refractivity contribution in [1.82, 2.24) is 20.1 Å². The molecule has 1 aliphatic rings. The molecule has 1 N–H and O–H groups in total. The van der Waals surface area contributed by atoms with E-state index in [1.165, 1.54) is 36.7 Å². The van der Waals surface area contributed by atoms with Gasteiger partial charge in [-0.25, -0.2) is 14.2 Å². The van der Waals surface area contributed by atoms with Gasteiger partial charge in [0.15, 0.2) is 10.8 Å². The van der Waals surface area contributed by atoms with Gasteiger partial charge in [-0.3, -0.25) is 9.67 Å². The van der Waals surface area contributed by atoms with Crippen molar-refractivity contribution >= 4 is 34.7 Å². The Balaban J connectivity index is 1.93. The van der Waals surface area contributed by atoms with Gasteiger partial charge in [0.25, 0.3) is 0 Å². The summed E-state index contributed by atoms with van der Waals surface area (Å²) in [5.41, 5.74) is 1.82. The molecular weight excluding hydrogens is 429 g/mol. The minimum Gasteiger partial charge on any atom is -0.466 e. The average molecular weight is 446 g/mol. The van der Waals surface area contributed by atoms with Crippen molar-refractivity contribution < 1.29 is 13.9 Å². The summed E-state index contributed by atoms with van der Waals surface area (Å²) in [6.45, 7) is 0. The van der Waals surface area contributed by atoms with Crippen molar-refractivity contribution in [1.29, 1.82) is 0 Å². The first-order valence-electron chi connectivity index (χ1n) is 8.95. The second-order valence-corrected chi connectivity index (χ2v) is 7.87. The summed E-state index contributed by atoms with van der Waals surface area (Å²) in [5, 5.41) is 10.4. The van der Waals surface area contributed by atoms with Crippen molar-refractivity contribution in [2.45, 2.75) is 12.0 Å². The Morgan fingerprint density at radius 3 is 2.87 bits per heavy atom. The van der Waals surface area contributed by atoms with Crippen LogP contribution in [0.25, 0.3) is 0 Å². The topological polar surface area (TPSA) is 81.4 Å². The number of aromatic nitrogens is 3. The third-order valence-electron chi connectivity index (χ3n) is 4.63. The molecule has 2 unspecified atom stereocenters. The van der Waals surface area contributed by atoms with E-state index >= 15 is 0 Å². The molecule has 7 nitrogen and oxygen atoms in total. The first-order chi connectivity index (χ1) is 14.5. The van der Waals surface area contributed by atoms with Crippen LogP contribution in [0.5, 0.6) is 0 Å². The molecule has 0 saturated carbocycles. The number of hydrogen-bond acceptors (Lipinski definition) is 7. The molecule has 0 fully saturated rings. The van der Waals surface area contributed by atoms with E-state index in [2.05, 4.69) is 15.4 Å².